The van der Waals surface area contributed by atoms with Gasteiger partial charge in [-0.2, -0.15) is 0 Å². The smallest absolute Gasteiger partial charge is 0.200 e. The fourth-order valence-corrected chi connectivity index (χ4v) is 3.82. The summed E-state index contributed by atoms with van der Waals surface area (Å²) in [6.07, 6.45) is 0. The van der Waals surface area contributed by atoms with Crippen LogP contribution in [0.3, 0.4) is 0 Å². The molecule has 0 amide bonds. The highest BCUT2D eigenvalue weighted by Gasteiger charge is 2.15. The molecule has 126 valence electrons. The van der Waals surface area contributed by atoms with Crippen molar-refractivity contribution in [3.63, 3.8) is 0 Å². The van der Waals surface area contributed by atoms with Crippen molar-refractivity contribution in [3.8, 4) is 11.6 Å². The Morgan fingerprint density at radius 1 is 1.12 bits per heavy atom. The van der Waals surface area contributed by atoms with E-state index in [2.05, 4.69) is 38.3 Å². The Hall–Kier alpha value is -1.76. The second-order valence-corrected chi connectivity index (χ2v) is 7.87. The lowest BCUT2D eigenvalue weighted by Crippen LogP contribution is -1.94. The number of halogens is 2. The Kier molecular flexibility index (Phi) is 4.58. The Morgan fingerprint density at radius 2 is 1.92 bits per heavy atom. The van der Waals surface area contributed by atoms with Crippen LogP contribution in [0.2, 0.25) is 5.02 Å². The van der Waals surface area contributed by atoms with E-state index < -0.39 is 0 Å². The Morgan fingerprint density at radius 3 is 2.72 bits per heavy atom. The zero-order valence-corrected chi connectivity index (χ0v) is 16.4. The second kappa shape index (κ2) is 6.86. The third-order valence-electron chi connectivity index (χ3n) is 3.81. The summed E-state index contributed by atoms with van der Waals surface area (Å²) in [5, 5.41) is 11.1. The summed E-state index contributed by atoms with van der Waals surface area (Å²) >= 11 is 11.1. The largest absolute Gasteiger partial charge is 0.453 e. The van der Waals surface area contributed by atoms with Crippen LogP contribution >= 0.6 is 39.3 Å². The molecule has 0 unspecified atom stereocenters. The molecule has 0 aliphatic heterocycles. The van der Waals surface area contributed by atoms with Crippen molar-refractivity contribution in [3.05, 3.63) is 63.6 Å². The second-order valence-electron chi connectivity index (χ2n) is 5.57. The first kappa shape index (κ1) is 16.7. The maximum absolute atomic E-state index is 6.04. The number of nitrogens with zero attached hydrogens (tertiary/aromatic N) is 3. The normalized spacial score (nSPS) is 11.3. The van der Waals surface area contributed by atoms with E-state index in [1.54, 1.807) is 11.8 Å². The van der Waals surface area contributed by atoms with Gasteiger partial charge in [-0.3, -0.25) is 0 Å². The minimum atomic E-state index is 0.683. The standard InChI is InChI=1S/C18H13BrClN3OS/c1-23-17(16-9-12-8-14(20)6-7-15(12)24-16)21-22-18(23)25-10-11-2-4-13(19)5-3-11/h2-9H,10H2,1H3. The zero-order chi connectivity index (χ0) is 17.4. The van der Waals surface area contributed by atoms with Crippen molar-refractivity contribution in [1.29, 1.82) is 0 Å². The fraction of sp³-hybridized carbons (Fsp3) is 0.111. The third kappa shape index (κ3) is 3.47. The molecule has 4 aromatic rings. The molecule has 0 N–H and O–H groups in total. The molecular formula is C18H13BrClN3OS. The summed E-state index contributed by atoms with van der Waals surface area (Å²) in [7, 11) is 1.94. The van der Waals surface area contributed by atoms with Crippen molar-refractivity contribution in [1.82, 2.24) is 14.8 Å². The van der Waals surface area contributed by atoms with Gasteiger partial charge in [-0.25, -0.2) is 0 Å². The maximum Gasteiger partial charge on any atom is 0.200 e. The van der Waals surface area contributed by atoms with Crippen molar-refractivity contribution in [2.45, 2.75) is 10.9 Å². The van der Waals surface area contributed by atoms with E-state index in [-0.39, 0.29) is 0 Å². The minimum Gasteiger partial charge on any atom is -0.453 e. The van der Waals surface area contributed by atoms with Crippen LogP contribution in [0.5, 0.6) is 0 Å². The van der Waals surface area contributed by atoms with Crippen molar-refractivity contribution in [2.75, 3.05) is 0 Å². The number of benzene rings is 2. The molecule has 4 rings (SSSR count). The van der Waals surface area contributed by atoms with Gasteiger partial charge in [0, 0.05) is 27.7 Å². The van der Waals surface area contributed by atoms with Gasteiger partial charge >= 0.3 is 0 Å². The summed E-state index contributed by atoms with van der Waals surface area (Å²) in [6, 6.07) is 15.8. The number of aromatic nitrogens is 3. The van der Waals surface area contributed by atoms with Gasteiger partial charge in [0.05, 0.1) is 0 Å². The summed E-state index contributed by atoms with van der Waals surface area (Å²) in [5.41, 5.74) is 2.02. The van der Waals surface area contributed by atoms with Crippen molar-refractivity contribution < 1.29 is 4.42 Å². The van der Waals surface area contributed by atoms with E-state index in [4.69, 9.17) is 16.0 Å². The Labute approximate surface area is 162 Å². The highest BCUT2D eigenvalue weighted by molar-refractivity contribution is 9.10. The average molecular weight is 435 g/mol. The van der Waals surface area contributed by atoms with Crippen LogP contribution < -0.4 is 0 Å². The van der Waals surface area contributed by atoms with Gasteiger partial charge in [0.15, 0.2) is 16.7 Å². The van der Waals surface area contributed by atoms with E-state index in [1.807, 2.05) is 48.0 Å². The molecule has 0 saturated heterocycles. The first-order chi connectivity index (χ1) is 12.1. The van der Waals surface area contributed by atoms with E-state index in [9.17, 15) is 0 Å². The van der Waals surface area contributed by atoms with E-state index in [0.717, 1.165) is 26.4 Å². The number of hydrogen-bond acceptors (Lipinski definition) is 4. The lowest BCUT2D eigenvalue weighted by atomic mass is 10.2. The average Bonchev–Trinajstić information content (AvgIpc) is 3.17. The molecule has 2 heterocycles. The quantitative estimate of drug-likeness (QED) is 0.373. The van der Waals surface area contributed by atoms with E-state index in [1.165, 1.54) is 5.56 Å². The van der Waals surface area contributed by atoms with Crippen molar-refractivity contribution >= 4 is 50.3 Å². The van der Waals surface area contributed by atoms with Gasteiger partial charge in [-0.1, -0.05) is 51.4 Å². The molecule has 25 heavy (non-hydrogen) atoms. The van der Waals surface area contributed by atoms with Gasteiger partial charge in [0.2, 0.25) is 0 Å². The summed E-state index contributed by atoms with van der Waals surface area (Å²) in [5.74, 6) is 2.21. The number of thioether (sulfide) groups is 1. The fourth-order valence-electron chi connectivity index (χ4n) is 2.51. The molecule has 0 bridgehead atoms. The van der Waals surface area contributed by atoms with Gasteiger partial charge in [-0.05, 0) is 42.0 Å². The molecule has 0 fully saturated rings. The summed E-state index contributed by atoms with van der Waals surface area (Å²) < 4.78 is 8.91. The van der Waals surface area contributed by atoms with Crippen LogP contribution in [-0.4, -0.2) is 14.8 Å². The topological polar surface area (TPSA) is 43.9 Å². The molecular weight excluding hydrogens is 422 g/mol. The molecule has 0 atom stereocenters. The van der Waals surface area contributed by atoms with Crippen LogP contribution in [0.25, 0.3) is 22.6 Å². The molecule has 4 nitrogen and oxygen atoms in total. The first-order valence-electron chi connectivity index (χ1n) is 7.56. The third-order valence-corrected chi connectivity index (χ3v) is 5.67. The molecule has 0 radical (unpaired) electrons. The van der Waals surface area contributed by atoms with E-state index >= 15 is 0 Å². The van der Waals surface area contributed by atoms with Crippen molar-refractivity contribution in [2.24, 2.45) is 7.05 Å². The monoisotopic (exact) mass is 433 g/mol. The van der Waals surface area contributed by atoms with Gasteiger partial charge in [-0.15, -0.1) is 10.2 Å². The van der Waals surface area contributed by atoms with Crippen LogP contribution in [0, 0.1) is 0 Å². The molecule has 0 aliphatic rings. The molecule has 0 saturated carbocycles. The molecule has 2 aromatic heterocycles. The highest BCUT2D eigenvalue weighted by Crippen LogP contribution is 2.30. The first-order valence-corrected chi connectivity index (χ1v) is 9.72. The minimum absolute atomic E-state index is 0.683. The van der Waals surface area contributed by atoms with Crippen LogP contribution in [0.4, 0.5) is 0 Å². The SMILES string of the molecule is Cn1c(SCc2ccc(Br)cc2)nnc1-c1cc2cc(Cl)ccc2o1. The number of hydrogen-bond donors (Lipinski definition) is 0. The lowest BCUT2D eigenvalue weighted by Gasteiger charge is -2.03. The van der Waals surface area contributed by atoms with Gasteiger partial charge in [0.25, 0.3) is 0 Å². The summed E-state index contributed by atoms with van der Waals surface area (Å²) in [4.78, 5) is 0. The van der Waals surface area contributed by atoms with Crippen LogP contribution in [0.15, 0.2) is 62.6 Å². The number of furan rings is 1. The lowest BCUT2D eigenvalue weighted by molar-refractivity contribution is 0.618. The molecule has 0 spiro atoms. The number of rotatable bonds is 4. The zero-order valence-electron chi connectivity index (χ0n) is 13.2. The Bertz CT molecular complexity index is 1040. The van der Waals surface area contributed by atoms with E-state index in [0.29, 0.717) is 16.6 Å². The predicted molar refractivity (Wildman–Crippen MR) is 105 cm³/mol. The maximum atomic E-state index is 6.04. The molecule has 7 heteroatoms. The van der Waals surface area contributed by atoms with Gasteiger partial charge < -0.3 is 8.98 Å². The van der Waals surface area contributed by atoms with Crippen LogP contribution in [-0.2, 0) is 12.8 Å². The van der Waals surface area contributed by atoms with Crippen LogP contribution in [0.1, 0.15) is 5.56 Å². The van der Waals surface area contributed by atoms with Gasteiger partial charge in [0.1, 0.15) is 5.58 Å². The Balaban J connectivity index is 1.58. The molecule has 2 aromatic carbocycles. The predicted octanol–water partition coefficient (Wildman–Crippen LogP) is 5.94. The molecule has 0 aliphatic carbocycles. The summed E-state index contributed by atoms with van der Waals surface area (Å²) in [6.45, 7) is 0. The number of fused-ring (bicyclic) bond motifs is 1. The highest BCUT2D eigenvalue weighted by atomic mass is 79.9.